The second-order valence-electron chi connectivity index (χ2n) is 5.20. The maximum absolute atomic E-state index is 11.7. The Kier molecular flexibility index (Phi) is 5.35. The Morgan fingerprint density at radius 2 is 2.10 bits per heavy atom. The molecule has 0 saturated heterocycles. The van der Waals surface area contributed by atoms with Crippen molar-refractivity contribution < 1.29 is 4.79 Å². The highest BCUT2D eigenvalue weighted by molar-refractivity contribution is 5.92. The summed E-state index contributed by atoms with van der Waals surface area (Å²) in [5.74, 6) is 1.72. The first kappa shape index (κ1) is 14.8. The molecular formula is C15H24N4O. The number of carbonyl (C=O) groups is 1. The number of pyridine rings is 1. The van der Waals surface area contributed by atoms with Crippen LogP contribution < -0.4 is 15.5 Å². The summed E-state index contributed by atoms with van der Waals surface area (Å²) in [4.78, 5) is 18.3. The molecule has 5 nitrogen and oxygen atoms in total. The highest BCUT2D eigenvalue weighted by Crippen LogP contribution is 2.27. The molecule has 1 aromatic heterocycles. The summed E-state index contributed by atoms with van der Waals surface area (Å²) in [5, 5.41) is 6.03. The van der Waals surface area contributed by atoms with Crippen molar-refractivity contribution in [3.05, 3.63) is 18.3 Å². The molecule has 2 rings (SSSR count). The first-order valence-electron chi connectivity index (χ1n) is 7.44. The molecule has 2 N–H and O–H groups in total. The predicted molar refractivity (Wildman–Crippen MR) is 82.0 cm³/mol. The number of aromatic nitrogens is 1. The van der Waals surface area contributed by atoms with Gasteiger partial charge < -0.3 is 15.5 Å². The summed E-state index contributed by atoms with van der Waals surface area (Å²) in [5.41, 5.74) is 0.749. The van der Waals surface area contributed by atoms with E-state index >= 15 is 0 Å². The molecule has 5 heteroatoms. The average molecular weight is 276 g/mol. The zero-order valence-corrected chi connectivity index (χ0v) is 12.4. The van der Waals surface area contributed by atoms with Crippen LogP contribution in [0.4, 0.5) is 11.5 Å². The van der Waals surface area contributed by atoms with E-state index < -0.39 is 0 Å². The second-order valence-corrected chi connectivity index (χ2v) is 5.20. The fourth-order valence-electron chi connectivity index (χ4n) is 2.11. The van der Waals surface area contributed by atoms with E-state index in [1.807, 2.05) is 12.1 Å². The van der Waals surface area contributed by atoms with Crippen LogP contribution >= 0.6 is 0 Å². The maximum Gasteiger partial charge on any atom is 0.238 e. The van der Waals surface area contributed by atoms with Gasteiger partial charge in [0.25, 0.3) is 0 Å². The van der Waals surface area contributed by atoms with Gasteiger partial charge in [0.15, 0.2) is 0 Å². The Labute approximate surface area is 120 Å². The summed E-state index contributed by atoms with van der Waals surface area (Å²) in [6.45, 7) is 7.39. The third-order valence-electron chi connectivity index (χ3n) is 3.53. The number of carbonyl (C=O) groups excluding carboxylic acids is 1. The molecule has 1 aliphatic rings. The zero-order chi connectivity index (χ0) is 14.4. The van der Waals surface area contributed by atoms with Crippen molar-refractivity contribution in [2.45, 2.75) is 26.7 Å². The number of nitrogens with one attached hydrogen (secondary N) is 2. The van der Waals surface area contributed by atoms with Crippen LogP contribution in [-0.4, -0.2) is 37.1 Å². The van der Waals surface area contributed by atoms with E-state index in [1.54, 1.807) is 6.20 Å². The Hall–Kier alpha value is -1.62. The largest absolute Gasteiger partial charge is 0.357 e. The van der Waals surface area contributed by atoms with E-state index in [2.05, 4.69) is 34.4 Å². The fraction of sp³-hybridized carbons (Fsp3) is 0.600. The van der Waals surface area contributed by atoms with Crippen LogP contribution in [0.25, 0.3) is 0 Å². The van der Waals surface area contributed by atoms with Crippen molar-refractivity contribution in [3.63, 3.8) is 0 Å². The highest BCUT2D eigenvalue weighted by Gasteiger charge is 2.20. The summed E-state index contributed by atoms with van der Waals surface area (Å²) in [7, 11) is 0. The topological polar surface area (TPSA) is 57.3 Å². The van der Waals surface area contributed by atoms with Crippen molar-refractivity contribution in [3.8, 4) is 0 Å². The molecule has 1 aliphatic carbocycles. The van der Waals surface area contributed by atoms with Crippen LogP contribution in [-0.2, 0) is 4.79 Å². The smallest absolute Gasteiger partial charge is 0.238 e. The van der Waals surface area contributed by atoms with Gasteiger partial charge in [-0.05, 0) is 51.3 Å². The van der Waals surface area contributed by atoms with Gasteiger partial charge >= 0.3 is 0 Å². The lowest BCUT2D eigenvalue weighted by Crippen LogP contribution is -2.29. The van der Waals surface area contributed by atoms with Crippen LogP contribution in [0, 0.1) is 5.92 Å². The van der Waals surface area contributed by atoms with Gasteiger partial charge in [0.2, 0.25) is 5.91 Å². The molecule has 0 aliphatic heterocycles. The van der Waals surface area contributed by atoms with E-state index in [1.165, 1.54) is 12.8 Å². The SMILES string of the molecule is CCN(CC)c1ccc(NC(=O)CNCC2CC2)cn1. The molecule has 0 radical (unpaired) electrons. The number of amides is 1. The van der Waals surface area contributed by atoms with Crippen molar-refractivity contribution >= 4 is 17.4 Å². The van der Waals surface area contributed by atoms with Gasteiger partial charge in [-0.15, -0.1) is 0 Å². The Balaban J connectivity index is 1.78. The normalized spacial score (nSPS) is 14.1. The molecule has 1 saturated carbocycles. The zero-order valence-electron chi connectivity index (χ0n) is 12.4. The van der Waals surface area contributed by atoms with Crippen LogP contribution in [0.5, 0.6) is 0 Å². The van der Waals surface area contributed by atoms with Crippen molar-refractivity contribution in [2.75, 3.05) is 36.4 Å². The van der Waals surface area contributed by atoms with Gasteiger partial charge in [-0.2, -0.15) is 0 Å². The Bertz CT molecular complexity index is 424. The Morgan fingerprint density at radius 1 is 1.35 bits per heavy atom. The maximum atomic E-state index is 11.7. The van der Waals surface area contributed by atoms with Crippen molar-refractivity contribution in [2.24, 2.45) is 5.92 Å². The first-order valence-corrected chi connectivity index (χ1v) is 7.44. The number of anilines is 2. The second kappa shape index (κ2) is 7.24. The van der Waals surface area contributed by atoms with Crippen LogP contribution in [0.15, 0.2) is 18.3 Å². The molecule has 1 heterocycles. The van der Waals surface area contributed by atoms with Gasteiger partial charge in [-0.3, -0.25) is 4.79 Å². The summed E-state index contributed by atoms with van der Waals surface area (Å²) < 4.78 is 0. The molecule has 20 heavy (non-hydrogen) atoms. The minimum atomic E-state index is -0.0111. The summed E-state index contributed by atoms with van der Waals surface area (Å²) in [6.07, 6.45) is 4.31. The molecule has 0 aromatic carbocycles. The van der Waals surface area contributed by atoms with Gasteiger partial charge in [-0.1, -0.05) is 0 Å². The molecule has 0 bridgehead atoms. The van der Waals surface area contributed by atoms with Crippen molar-refractivity contribution in [1.82, 2.24) is 10.3 Å². The van der Waals surface area contributed by atoms with E-state index in [0.717, 1.165) is 37.1 Å². The third kappa shape index (κ3) is 4.49. The van der Waals surface area contributed by atoms with E-state index in [-0.39, 0.29) is 5.91 Å². The van der Waals surface area contributed by atoms with E-state index in [0.29, 0.717) is 6.54 Å². The molecule has 1 aromatic rings. The molecule has 1 fully saturated rings. The monoisotopic (exact) mass is 276 g/mol. The molecule has 0 spiro atoms. The molecular weight excluding hydrogens is 252 g/mol. The first-order chi connectivity index (χ1) is 9.72. The lowest BCUT2D eigenvalue weighted by molar-refractivity contribution is -0.115. The van der Waals surface area contributed by atoms with E-state index in [4.69, 9.17) is 0 Å². The lowest BCUT2D eigenvalue weighted by atomic mass is 10.3. The highest BCUT2D eigenvalue weighted by atomic mass is 16.1. The summed E-state index contributed by atoms with van der Waals surface area (Å²) in [6, 6.07) is 3.85. The lowest BCUT2D eigenvalue weighted by Gasteiger charge is -2.19. The predicted octanol–water partition coefficient (Wildman–Crippen LogP) is 1.87. The van der Waals surface area contributed by atoms with Gasteiger partial charge in [0, 0.05) is 13.1 Å². The van der Waals surface area contributed by atoms with Gasteiger partial charge in [-0.25, -0.2) is 4.98 Å². The Morgan fingerprint density at radius 3 is 2.65 bits per heavy atom. The molecule has 0 unspecified atom stereocenters. The number of hydrogen-bond donors (Lipinski definition) is 2. The van der Waals surface area contributed by atoms with Crippen LogP contribution in [0.2, 0.25) is 0 Å². The number of rotatable bonds is 8. The van der Waals surface area contributed by atoms with Gasteiger partial charge in [0.05, 0.1) is 18.4 Å². The van der Waals surface area contributed by atoms with E-state index in [9.17, 15) is 4.79 Å². The minimum absolute atomic E-state index is 0.0111. The van der Waals surface area contributed by atoms with Crippen molar-refractivity contribution in [1.29, 1.82) is 0 Å². The number of nitrogens with zero attached hydrogens (tertiary/aromatic N) is 2. The van der Waals surface area contributed by atoms with Crippen LogP contribution in [0.3, 0.4) is 0 Å². The fourth-order valence-corrected chi connectivity index (χ4v) is 2.11. The van der Waals surface area contributed by atoms with Gasteiger partial charge in [0.1, 0.15) is 5.82 Å². The average Bonchev–Trinajstić information content (AvgIpc) is 3.26. The number of hydrogen-bond acceptors (Lipinski definition) is 4. The molecule has 1 amide bonds. The molecule has 0 atom stereocenters. The quantitative estimate of drug-likeness (QED) is 0.761. The third-order valence-corrected chi connectivity index (χ3v) is 3.53. The minimum Gasteiger partial charge on any atom is -0.357 e. The van der Waals surface area contributed by atoms with Crippen LogP contribution in [0.1, 0.15) is 26.7 Å². The standard InChI is InChI=1S/C15H24N4O/c1-3-19(4-2)14-8-7-13(10-17-14)18-15(20)11-16-9-12-5-6-12/h7-8,10,12,16H,3-6,9,11H2,1-2H3,(H,18,20). The molecule has 110 valence electrons. The summed E-state index contributed by atoms with van der Waals surface area (Å²) >= 11 is 0.